The summed E-state index contributed by atoms with van der Waals surface area (Å²) >= 11 is 27.8. The van der Waals surface area contributed by atoms with E-state index in [1.54, 1.807) is 0 Å². The van der Waals surface area contributed by atoms with Gasteiger partial charge >= 0.3 is 7.58 Å². The van der Waals surface area contributed by atoms with Crippen LogP contribution in [0.4, 0.5) is 0 Å². The first-order chi connectivity index (χ1) is 20.5. The molecule has 0 amide bonds. The minimum Gasteiger partial charge on any atom is -0.432 e. The second-order valence-electron chi connectivity index (χ2n) is 13.9. The largest absolute Gasteiger partial charge is 0.432 e. The molecule has 0 unspecified atom stereocenters. The van der Waals surface area contributed by atoms with Crippen LogP contribution >= 0.6 is 61.4 Å². The Morgan fingerprint density at radius 3 is 1.20 bits per heavy atom. The molecule has 0 aromatic heterocycles. The van der Waals surface area contributed by atoms with Gasteiger partial charge in [-0.3, -0.25) is 4.57 Å². The third kappa shape index (κ3) is 7.67. The average Bonchev–Trinajstić information content (AvgIpc) is 3.02. The summed E-state index contributed by atoms with van der Waals surface area (Å²) in [6.07, 6.45) is 0. The van der Waals surface area contributed by atoms with Crippen molar-refractivity contribution in [3.8, 4) is 5.75 Å². The Labute approximate surface area is 293 Å². The third-order valence-corrected chi connectivity index (χ3v) is 17.2. The highest BCUT2D eigenvalue weighted by Gasteiger charge is 2.53. The Balaban J connectivity index is 3.50. The van der Waals surface area contributed by atoms with Crippen molar-refractivity contribution in [1.29, 1.82) is 0 Å². The smallest absolute Gasteiger partial charge is 0.303 e. The minimum atomic E-state index is -3.81. The van der Waals surface area contributed by atoms with Gasteiger partial charge in [0.25, 0.3) is 7.44 Å². The molecule has 0 fully saturated rings. The quantitative estimate of drug-likeness (QED) is 0.114. The lowest BCUT2D eigenvalue weighted by atomic mass is 10.2. The highest BCUT2D eigenvalue weighted by Crippen LogP contribution is 2.69. The molecule has 0 aliphatic carbocycles. The van der Waals surface area contributed by atoms with Crippen LogP contribution in [0.3, 0.4) is 0 Å². The van der Waals surface area contributed by atoms with Gasteiger partial charge < -0.3 is 4.52 Å². The number of halogens is 4. The molecule has 1 heterocycles. The van der Waals surface area contributed by atoms with E-state index in [9.17, 15) is 0 Å². The normalized spacial score (nSPS) is 16.0. The van der Waals surface area contributed by atoms with Crippen LogP contribution in [-0.4, -0.2) is 72.5 Å². The van der Waals surface area contributed by atoms with Gasteiger partial charge in [0.15, 0.2) is 11.2 Å². The van der Waals surface area contributed by atoms with E-state index in [4.69, 9.17) is 60.9 Å². The molecule has 0 saturated heterocycles. The standard InChI is InChI=1S/C31H56Cl4N6O2P2/c1-17(2)38(18(3)4)44(42,39(19(5)6)20(7)8)31-25-26(32)27(33)28(34)29(35)30(25)43-45(37-36-31,40(21(9)10)22(11)12)41(23(13)14)24(15)16/h17-24H,1-16H3. The number of benzene rings is 1. The highest BCUT2D eigenvalue weighted by molar-refractivity contribution is 7.77. The van der Waals surface area contributed by atoms with Gasteiger partial charge in [-0.2, -0.15) is 0 Å². The summed E-state index contributed by atoms with van der Waals surface area (Å²) in [5, 5.41) is 5.37. The Morgan fingerprint density at radius 1 is 0.556 bits per heavy atom. The first kappa shape index (κ1) is 41.3. The predicted molar refractivity (Wildman–Crippen MR) is 199 cm³/mol. The van der Waals surface area contributed by atoms with Crippen LogP contribution in [0.1, 0.15) is 116 Å². The molecule has 14 heteroatoms. The second kappa shape index (κ2) is 15.8. The van der Waals surface area contributed by atoms with Crippen molar-refractivity contribution in [3.05, 3.63) is 25.7 Å². The summed E-state index contributed by atoms with van der Waals surface area (Å²) < 4.78 is 32.2. The number of nitrogens with zero attached hydrogens (tertiary/aromatic N) is 6. The van der Waals surface area contributed by atoms with Crippen LogP contribution in [0.2, 0.25) is 20.1 Å². The van der Waals surface area contributed by atoms with Crippen molar-refractivity contribution in [3.63, 3.8) is 0 Å². The number of hydrogen-bond donors (Lipinski definition) is 0. The van der Waals surface area contributed by atoms with Crippen molar-refractivity contribution in [2.45, 2.75) is 159 Å². The van der Waals surface area contributed by atoms with E-state index in [1.165, 1.54) is 0 Å². The Hall–Kier alpha value is 0.150. The first-order valence-corrected chi connectivity index (χ1v) is 20.7. The van der Waals surface area contributed by atoms with Crippen LogP contribution in [0, 0.1) is 0 Å². The van der Waals surface area contributed by atoms with Gasteiger partial charge in [0.05, 0.1) is 20.6 Å². The summed E-state index contributed by atoms with van der Waals surface area (Å²) in [6, 6.07) is -0.537. The molecule has 0 spiro atoms. The average molecular weight is 749 g/mol. The molecule has 45 heavy (non-hydrogen) atoms. The molecular weight excluding hydrogens is 692 g/mol. The molecule has 1 aliphatic heterocycles. The summed E-state index contributed by atoms with van der Waals surface area (Å²) in [4.78, 5) is 5.25. The van der Waals surface area contributed by atoms with Gasteiger partial charge in [-0.1, -0.05) is 51.3 Å². The number of hydrogen-bond acceptors (Lipinski definition) is 6. The van der Waals surface area contributed by atoms with Gasteiger partial charge in [0.1, 0.15) is 5.02 Å². The molecule has 1 aromatic rings. The van der Waals surface area contributed by atoms with Gasteiger partial charge in [-0.05, 0) is 111 Å². The topological polar surface area (TPSA) is 64.0 Å². The van der Waals surface area contributed by atoms with Gasteiger partial charge in [0.2, 0.25) is 0 Å². The zero-order valence-electron chi connectivity index (χ0n) is 30.0. The van der Waals surface area contributed by atoms with E-state index in [2.05, 4.69) is 64.7 Å². The van der Waals surface area contributed by atoms with E-state index in [0.29, 0.717) is 0 Å². The Bertz CT molecular complexity index is 1270. The molecule has 0 radical (unpaired) electrons. The summed E-state index contributed by atoms with van der Waals surface area (Å²) in [7, 11) is -7.07. The fourth-order valence-corrected chi connectivity index (χ4v) is 15.6. The fourth-order valence-electron chi connectivity index (χ4n) is 6.88. The van der Waals surface area contributed by atoms with Crippen LogP contribution in [0.25, 0.3) is 0 Å². The van der Waals surface area contributed by atoms with Gasteiger partial charge in [-0.15, -0.1) is 5.10 Å². The molecule has 1 aliphatic rings. The van der Waals surface area contributed by atoms with Gasteiger partial charge in [0, 0.05) is 48.3 Å². The summed E-state index contributed by atoms with van der Waals surface area (Å²) in [5.41, 5.74) is 0.456. The third-order valence-electron chi connectivity index (χ3n) is 7.65. The van der Waals surface area contributed by atoms with E-state index in [1.807, 2.05) is 64.7 Å². The Kier molecular flexibility index (Phi) is 14.5. The van der Waals surface area contributed by atoms with Crippen molar-refractivity contribution < 1.29 is 9.09 Å². The Morgan fingerprint density at radius 2 is 0.889 bits per heavy atom. The van der Waals surface area contributed by atoms with E-state index < -0.39 is 15.0 Å². The number of rotatable bonds is 13. The van der Waals surface area contributed by atoms with Crippen LogP contribution in [0.5, 0.6) is 5.75 Å². The van der Waals surface area contributed by atoms with Crippen LogP contribution in [0.15, 0.2) is 9.96 Å². The molecule has 260 valence electrons. The maximum absolute atomic E-state index is 16.4. The molecule has 0 bridgehead atoms. The van der Waals surface area contributed by atoms with Crippen LogP contribution in [-0.2, 0) is 4.57 Å². The lowest BCUT2D eigenvalue weighted by Crippen LogP contribution is -2.47. The molecule has 1 aromatic carbocycles. The maximum Gasteiger partial charge on any atom is 0.303 e. The predicted octanol–water partition coefficient (Wildman–Crippen LogP) is 12.0. The zero-order valence-corrected chi connectivity index (χ0v) is 34.8. The summed E-state index contributed by atoms with van der Waals surface area (Å²) in [5.74, 6) is 0.196. The minimum absolute atomic E-state index is 0.00300. The van der Waals surface area contributed by atoms with Crippen molar-refractivity contribution in [2.24, 2.45) is 9.96 Å². The molecule has 0 saturated carbocycles. The lowest BCUT2D eigenvalue weighted by Gasteiger charge is -2.48. The molecule has 0 N–H and O–H groups in total. The van der Waals surface area contributed by atoms with E-state index in [-0.39, 0.29) is 85.2 Å². The van der Waals surface area contributed by atoms with Gasteiger partial charge in [-0.25, -0.2) is 18.7 Å². The monoisotopic (exact) mass is 746 g/mol. The van der Waals surface area contributed by atoms with Crippen molar-refractivity contribution in [2.75, 3.05) is 0 Å². The summed E-state index contributed by atoms with van der Waals surface area (Å²) in [6.45, 7) is 33.2. The highest BCUT2D eigenvalue weighted by atomic mass is 35.5. The SMILES string of the molecule is CC(C)N(C(C)C)P(=O)(C1=NN=P(N(C(C)C)C(C)C)(N(C(C)C)C(C)C)Oc2c(Cl)c(Cl)c(Cl)c(Cl)c21)N(C(C)C)C(C)C. The fraction of sp³-hybridized carbons (Fsp3) is 0.774. The molecule has 2 rings (SSSR count). The molecule has 8 nitrogen and oxygen atoms in total. The molecular formula is C31H56Cl4N6O2P2. The first-order valence-electron chi connectivity index (χ1n) is 16.0. The lowest BCUT2D eigenvalue weighted by molar-refractivity contribution is 0.216. The molecule has 0 atom stereocenters. The second-order valence-corrected chi connectivity index (χ2v) is 20.2. The van der Waals surface area contributed by atoms with Crippen LogP contribution < -0.4 is 4.52 Å². The van der Waals surface area contributed by atoms with E-state index in [0.717, 1.165) is 0 Å². The van der Waals surface area contributed by atoms with Crippen molar-refractivity contribution in [1.82, 2.24) is 18.7 Å². The van der Waals surface area contributed by atoms with E-state index >= 15 is 4.57 Å². The van der Waals surface area contributed by atoms with Crippen molar-refractivity contribution >= 4 is 66.9 Å². The number of fused-ring (bicyclic) bond motifs is 1. The maximum atomic E-state index is 16.4. The zero-order chi connectivity index (χ0) is 35.1.